The number of aliphatic carboxylic acids is 3. The summed E-state index contributed by atoms with van der Waals surface area (Å²) in [7, 11) is 0. The molecule has 4 amide bonds. The Labute approximate surface area is 201 Å². The summed E-state index contributed by atoms with van der Waals surface area (Å²) in [6.07, 6.45) is -1.93. The van der Waals surface area contributed by atoms with E-state index >= 15 is 0 Å². The van der Waals surface area contributed by atoms with Crippen molar-refractivity contribution in [1.82, 2.24) is 16.0 Å². The Hall–Kier alpha value is -3.75. The van der Waals surface area contributed by atoms with Gasteiger partial charge in [0.2, 0.25) is 23.6 Å². The number of carboxylic acids is 3. The van der Waals surface area contributed by atoms with E-state index in [9.17, 15) is 38.7 Å². The van der Waals surface area contributed by atoms with E-state index in [4.69, 9.17) is 21.7 Å². The molecule has 15 heteroatoms. The zero-order valence-corrected chi connectivity index (χ0v) is 19.5. The Morgan fingerprint density at radius 2 is 1.31 bits per heavy atom. The van der Waals surface area contributed by atoms with Crippen LogP contribution in [0.3, 0.4) is 0 Å². The van der Waals surface area contributed by atoms with Crippen molar-refractivity contribution in [2.45, 2.75) is 76.5 Å². The van der Waals surface area contributed by atoms with Crippen LogP contribution in [-0.4, -0.2) is 81.0 Å². The summed E-state index contributed by atoms with van der Waals surface area (Å²) in [5, 5.41) is 34.0. The predicted octanol–water partition coefficient (Wildman–Crippen LogP) is -2.50. The van der Waals surface area contributed by atoms with E-state index < -0.39 is 90.9 Å². The number of nitrogens with one attached hydrogen (secondary N) is 3. The minimum Gasteiger partial charge on any atom is -0.481 e. The zero-order chi connectivity index (χ0) is 27.3. The van der Waals surface area contributed by atoms with Gasteiger partial charge in [-0.3, -0.25) is 28.8 Å². The van der Waals surface area contributed by atoms with Crippen LogP contribution in [0.1, 0.15) is 52.4 Å². The van der Waals surface area contributed by atoms with Gasteiger partial charge in [0.05, 0.1) is 12.5 Å². The van der Waals surface area contributed by atoms with Crippen molar-refractivity contribution in [2.75, 3.05) is 0 Å². The average Bonchev–Trinajstić information content (AvgIpc) is 2.76. The lowest BCUT2D eigenvalue weighted by Crippen LogP contribution is -2.58. The molecular weight excluding hydrogens is 470 g/mol. The molecule has 0 bridgehead atoms. The Balaban J connectivity index is 5.62. The fourth-order valence-electron chi connectivity index (χ4n) is 2.84. The maximum atomic E-state index is 12.7. The minimum absolute atomic E-state index is 0.168. The smallest absolute Gasteiger partial charge is 0.326 e. The third-order valence-corrected chi connectivity index (χ3v) is 5.11. The highest BCUT2D eigenvalue weighted by Crippen LogP contribution is 2.10. The maximum absolute atomic E-state index is 12.7. The van der Waals surface area contributed by atoms with Gasteiger partial charge >= 0.3 is 17.9 Å². The molecule has 0 aliphatic carbocycles. The van der Waals surface area contributed by atoms with Crippen molar-refractivity contribution >= 4 is 41.5 Å². The lowest BCUT2D eigenvalue weighted by molar-refractivity contribution is -0.144. The maximum Gasteiger partial charge on any atom is 0.326 e. The molecular formula is C20H33N5O10. The monoisotopic (exact) mass is 503 g/mol. The van der Waals surface area contributed by atoms with Crippen LogP contribution in [0.15, 0.2) is 0 Å². The van der Waals surface area contributed by atoms with Crippen LogP contribution in [0.2, 0.25) is 0 Å². The third kappa shape index (κ3) is 12.3. The molecule has 0 fully saturated rings. The molecule has 0 saturated carbocycles. The van der Waals surface area contributed by atoms with Gasteiger partial charge in [0.1, 0.15) is 18.1 Å². The highest BCUT2D eigenvalue weighted by Gasteiger charge is 2.33. The highest BCUT2D eigenvalue weighted by molar-refractivity contribution is 5.95. The molecule has 0 saturated heterocycles. The molecule has 15 nitrogen and oxygen atoms in total. The van der Waals surface area contributed by atoms with Gasteiger partial charge in [-0.2, -0.15) is 0 Å². The van der Waals surface area contributed by atoms with Crippen molar-refractivity contribution in [2.24, 2.45) is 17.4 Å². The fourth-order valence-corrected chi connectivity index (χ4v) is 2.84. The Morgan fingerprint density at radius 3 is 1.77 bits per heavy atom. The number of carbonyl (C=O) groups is 7. The number of carbonyl (C=O) groups excluding carboxylic acids is 4. The molecule has 0 aliphatic rings. The summed E-state index contributed by atoms with van der Waals surface area (Å²) in [6, 6.07) is -5.86. The number of amides is 4. The van der Waals surface area contributed by atoms with Crippen LogP contribution in [-0.2, 0) is 33.6 Å². The molecule has 5 unspecified atom stereocenters. The van der Waals surface area contributed by atoms with Gasteiger partial charge in [0.25, 0.3) is 0 Å². The predicted molar refractivity (Wildman–Crippen MR) is 118 cm³/mol. The van der Waals surface area contributed by atoms with Crippen LogP contribution in [0.4, 0.5) is 0 Å². The van der Waals surface area contributed by atoms with Gasteiger partial charge in [0, 0.05) is 12.8 Å². The third-order valence-electron chi connectivity index (χ3n) is 5.11. The fraction of sp³-hybridized carbons (Fsp3) is 0.650. The molecule has 0 aromatic heterocycles. The quantitative estimate of drug-likeness (QED) is 0.103. The van der Waals surface area contributed by atoms with E-state index in [-0.39, 0.29) is 12.8 Å². The molecule has 0 radical (unpaired) electrons. The van der Waals surface area contributed by atoms with E-state index in [0.717, 1.165) is 0 Å². The second-order valence-corrected chi connectivity index (χ2v) is 7.97. The summed E-state index contributed by atoms with van der Waals surface area (Å²) >= 11 is 0. The highest BCUT2D eigenvalue weighted by atomic mass is 16.4. The topological polar surface area (TPSA) is 268 Å². The van der Waals surface area contributed by atoms with Gasteiger partial charge in [-0.25, -0.2) is 4.79 Å². The summed E-state index contributed by atoms with van der Waals surface area (Å²) in [4.78, 5) is 82.2. The Morgan fingerprint density at radius 1 is 0.771 bits per heavy atom. The molecule has 0 rings (SSSR count). The summed E-state index contributed by atoms with van der Waals surface area (Å²) in [5.41, 5.74) is 10.6. The molecule has 0 spiro atoms. The van der Waals surface area contributed by atoms with Gasteiger partial charge in [-0.15, -0.1) is 0 Å². The minimum atomic E-state index is -1.70. The molecule has 35 heavy (non-hydrogen) atoms. The van der Waals surface area contributed by atoms with E-state index in [1.54, 1.807) is 13.8 Å². The van der Waals surface area contributed by atoms with Crippen LogP contribution in [0.25, 0.3) is 0 Å². The second kappa shape index (κ2) is 15.2. The molecule has 0 aromatic carbocycles. The SMILES string of the molecule is CCC(C)C(NC(=O)C(CCC(=O)O)NC(=O)C(CC(=O)O)NC(=O)C(N)CCC(N)=O)C(=O)O. The number of hydrogen-bond acceptors (Lipinski definition) is 8. The van der Waals surface area contributed by atoms with E-state index in [0.29, 0.717) is 6.42 Å². The van der Waals surface area contributed by atoms with Gasteiger partial charge in [-0.1, -0.05) is 20.3 Å². The second-order valence-electron chi connectivity index (χ2n) is 7.97. The van der Waals surface area contributed by atoms with Crippen LogP contribution in [0.5, 0.6) is 0 Å². The van der Waals surface area contributed by atoms with E-state index in [1.165, 1.54) is 0 Å². The molecule has 0 aromatic rings. The lowest BCUT2D eigenvalue weighted by atomic mass is 9.98. The molecule has 0 aliphatic heterocycles. The zero-order valence-electron chi connectivity index (χ0n) is 19.5. The number of nitrogens with two attached hydrogens (primary N) is 2. The largest absolute Gasteiger partial charge is 0.481 e. The summed E-state index contributed by atoms with van der Waals surface area (Å²) < 4.78 is 0. The number of carboxylic acid groups (broad SMARTS) is 3. The average molecular weight is 504 g/mol. The first-order chi connectivity index (χ1) is 16.2. The van der Waals surface area contributed by atoms with E-state index in [1.807, 2.05) is 0 Å². The molecule has 10 N–H and O–H groups in total. The first-order valence-electron chi connectivity index (χ1n) is 10.8. The van der Waals surface area contributed by atoms with E-state index in [2.05, 4.69) is 16.0 Å². The number of primary amides is 1. The molecule has 198 valence electrons. The first-order valence-corrected chi connectivity index (χ1v) is 10.8. The van der Waals surface area contributed by atoms with Crippen molar-refractivity contribution in [3.05, 3.63) is 0 Å². The molecule has 0 heterocycles. The van der Waals surface area contributed by atoms with Crippen LogP contribution < -0.4 is 27.4 Å². The van der Waals surface area contributed by atoms with Crippen molar-refractivity contribution < 1.29 is 48.9 Å². The Kier molecular flexibility index (Phi) is 13.6. The van der Waals surface area contributed by atoms with Crippen LogP contribution >= 0.6 is 0 Å². The standard InChI is InChI=1S/C20H33N5O10/c1-3-9(2)16(20(34)35)25-18(32)11(5-7-14(27)28)23-19(33)12(8-15(29)30)24-17(31)10(21)4-6-13(22)26/h9-12,16H,3-8,21H2,1-2H3,(H2,22,26)(H,23,33)(H,24,31)(H,25,32)(H,27,28)(H,29,30)(H,34,35). The van der Waals surface area contributed by atoms with Gasteiger partial charge < -0.3 is 42.7 Å². The van der Waals surface area contributed by atoms with Crippen molar-refractivity contribution in [3.63, 3.8) is 0 Å². The van der Waals surface area contributed by atoms with Gasteiger partial charge in [-0.05, 0) is 18.8 Å². The molecule has 5 atom stereocenters. The summed E-state index contributed by atoms with van der Waals surface area (Å²) in [6.45, 7) is 3.27. The Bertz CT molecular complexity index is 818. The van der Waals surface area contributed by atoms with Crippen LogP contribution in [0, 0.1) is 5.92 Å². The number of hydrogen-bond donors (Lipinski definition) is 8. The lowest BCUT2D eigenvalue weighted by Gasteiger charge is -2.26. The summed E-state index contributed by atoms with van der Waals surface area (Å²) in [5.74, 6) is -8.42. The first kappa shape index (κ1) is 31.2. The van der Waals surface area contributed by atoms with Crippen molar-refractivity contribution in [1.29, 1.82) is 0 Å². The van der Waals surface area contributed by atoms with Gasteiger partial charge in [0.15, 0.2) is 0 Å². The van der Waals surface area contributed by atoms with Crippen molar-refractivity contribution in [3.8, 4) is 0 Å². The number of rotatable bonds is 17. The normalized spacial score (nSPS) is 14.9.